The summed E-state index contributed by atoms with van der Waals surface area (Å²) in [5.41, 5.74) is 4.13. The van der Waals surface area contributed by atoms with Crippen LogP contribution in [-0.2, 0) is 6.54 Å². The summed E-state index contributed by atoms with van der Waals surface area (Å²) in [6.45, 7) is 4.70. The Morgan fingerprint density at radius 2 is 2.15 bits per heavy atom. The molecule has 2 aromatic heterocycles. The minimum absolute atomic E-state index is 0.0291. The number of rotatable bonds is 3. The summed E-state index contributed by atoms with van der Waals surface area (Å²) >= 11 is 1.65. The number of carbonyl (C=O) groups excluding carboxylic acids is 1. The number of hydrogen-bond donors (Lipinski definition) is 2. The number of hydrogen-bond acceptors (Lipinski definition) is 2. The maximum Gasteiger partial charge on any atom is 0.251 e. The van der Waals surface area contributed by atoms with Crippen molar-refractivity contribution in [1.29, 1.82) is 0 Å². The Morgan fingerprint density at radius 1 is 1.30 bits per heavy atom. The van der Waals surface area contributed by atoms with Crippen LogP contribution in [0.25, 0.3) is 10.9 Å². The standard InChI is InChI=1S/C16H16N2OS/c1-10-11(2)18-15-6-5-12(8-14(10)15)16(19)17-9-13-4-3-7-20-13/h3-8,18H,9H2,1-2H3,(H,17,19). The number of nitrogens with one attached hydrogen (secondary N) is 2. The smallest absolute Gasteiger partial charge is 0.251 e. The molecule has 1 amide bonds. The van der Waals surface area contributed by atoms with Crippen LogP contribution in [0.2, 0.25) is 0 Å². The fourth-order valence-electron chi connectivity index (χ4n) is 2.29. The summed E-state index contributed by atoms with van der Waals surface area (Å²) in [5, 5.41) is 6.08. The lowest BCUT2D eigenvalue weighted by Crippen LogP contribution is -2.22. The minimum atomic E-state index is -0.0291. The second kappa shape index (κ2) is 5.13. The molecule has 0 unspecified atom stereocenters. The highest BCUT2D eigenvalue weighted by atomic mass is 32.1. The number of aromatic amines is 1. The summed E-state index contributed by atoms with van der Waals surface area (Å²) in [4.78, 5) is 16.7. The van der Waals surface area contributed by atoms with Gasteiger partial charge in [0.05, 0.1) is 6.54 Å². The van der Waals surface area contributed by atoms with E-state index in [1.165, 1.54) is 5.56 Å². The number of aromatic nitrogens is 1. The van der Waals surface area contributed by atoms with Crippen molar-refractivity contribution in [2.24, 2.45) is 0 Å². The molecule has 0 bridgehead atoms. The lowest BCUT2D eigenvalue weighted by Gasteiger charge is -2.04. The molecule has 20 heavy (non-hydrogen) atoms. The third-order valence-electron chi connectivity index (χ3n) is 3.57. The molecule has 4 heteroatoms. The highest BCUT2D eigenvalue weighted by Gasteiger charge is 2.09. The molecular formula is C16H16N2OS. The van der Waals surface area contributed by atoms with E-state index in [2.05, 4.69) is 17.2 Å². The molecule has 3 rings (SSSR count). The van der Waals surface area contributed by atoms with Crippen molar-refractivity contribution in [3.05, 3.63) is 57.4 Å². The van der Waals surface area contributed by atoms with Crippen LogP contribution in [0.15, 0.2) is 35.7 Å². The normalized spacial score (nSPS) is 10.9. The van der Waals surface area contributed by atoms with Gasteiger partial charge in [-0.15, -0.1) is 11.3 Å². The van der Waals surface area contributed by atoms with Gasteiger partial charge in [-0.05, 0) is 49.1 Å². The largest absolute Gasteiger partial charge is 0.358 e. The Labute approximate surface area is 121 Å². The third-order valence-corrected chi connectivity index (χ3v) is 4.45. The first-order valence-corrected chi connectivity index (χ1v) is 7.42. The van der Waals surface area contributed by atoms with Gasteiger partial charge in [-0.2, -0.15) is 0 Å². The molecule has 0 fully saturated rings. The van der Waals surface area contributed by atoms with Crippen molar-refractivity contribution in [3.63, 3.8) is 0 Å². The van der Waals surface area contributed by atoms with E-state index in [9.17, 15) is 4.79 Å². The quantitative estimate of drug-likeness (QED) is 0.755. The van der Waals surface area contributed by atoms with Gasteiger partial charge in [-0.3, -0.25) is 4.79 Å². The van der Waals surface area contributed by atoms with E-state index in [0.29, 0.717) is 12.1 Å². The zero-order chi connectivity index (χ0) is 14.1. The van der Waals surface area contributed by atoms with Gasteiger partial charge in [0.2, 0.25) is 0 Å². The zero-order valence-corrected chi connectivity index (χ0v) is 12.3. The van der Waals surface area contributed by atoms with Crippen molar-refractivity contribution in [3.8, 4) is 0 Å². The molecule has 3 aromatic rings. The number of benzene rings is 1. The average molecular weight is 284 g/mol. The van der Waals surface area contributed by atoms with Crippen molar-refractivity contribution in [2.75, 3.05) is 0 Å². The maximum atomic E-state index is 12.2. The van der Waals surface area contributed by atoms with E-state index in [1.54, 1.807) is 11.3 Å². The molecule has 0 aliphatic carbocycles. The van der Waals surface area contributed by atoms with Gasteiger partial charge in [0.1, 0.15) is 0 Å². The highest BCUT2D eigenvalue weighted by Crippen LogP contribution is 2.22. The van der Waals surface area contributed by atoms with Gasteiger partial charge in [-0.1, -0.05) is 6.07 Å². The van der Waals surface area contributed by atoms with Crippen LogP contribution in [-0.4, -0.2) is 10.9 Å². The molecule has 0 aliphatic rings. The fraction of sp³-hybridized carbons (Fsp3) is 0.188. The molecular weight excluding hydrogens is 268 g/mol. The van der Waals surface area contributed by atoms with Crippen LogP contribution < -0.4 is 5.32 Å². The van der Waals surface area contributed by atoms with Gasteiger partial charge in [0.15, 0.2) is 0 Å². The minimum Gasteiger partial charge on any atom is -0.358 e. The molecule has 0 atom stereocenters. The molecule has 0 saturated heterocycles. The third kappa shape index (κ3) is 2.34. The summed E-state index contributed by atoms with van der Waals surface area (Å²) in [5.74, 6) is -0.0291. The molecule has 102 valence electrons. The number of fused-ring (bicyclic) bond motifs is 1. The number of carbonyl (C=O) groups is 1. The van der Waals surface area contributed by atoms with Crippen LogP contribution in [0, 0.1) is 13.8 Å². The van der Waals surface area contributed by atoms with Crippen LogP contribution in [0.3, 0.4) is 0 Å². The van der Waals surface area contributed by atoms with Crippen LogP contribution in [0.5, 0.6) is 0 Å². The summed E-state index contributed by atoms with van der Waals surface area (Å²) in [6.07, 6.45) is 0. The molecule has 3 nitrogen and oxygen atoms in total. The summed E-state index contributed by atoms with van der Waals surface area (Å²) in [6, 6.07) is 9.80. The second-order valence-electron chi connectivity index (χ2n) is 4.90. The highest BCUT2D eigenvalue weighted by molar-refractivity contribution is 7.09. The van der Waals surface area contributed by atoms with Crippen LogP contribution in [0.1, 0.15) is 26.5 Å². The van der Waals surface area contributed by atoms with E-state index in [-0.39, 0.29) is 5.91 Å². The Kier molecular flexibility index (Phi) is 3.32. The monoisotopic (exact) mass is 284 g/mol. The predicted octanol–water partition coefficient (Wildman–Crippen LogP) is 3.78. The maximum absolute atomic E-state index is 12.2. The van der Waals surface area contributed by atoms with Crippen molar-refractivity contribution in [2.45, 2.75) is 20.4 Å². The van der Waals surface area contributed by atoms with E-state index in [4.69, 9.17) is 0 Å². The van der Waals surface area contributed by atoms with Gasteiger partial charge in [-0.25, -0.2) is 0 Å². The Balaban J connectivity index is 1.82. The Bertz CT molecular complexity index is 756. The fourth-order valence-corrected chi connectivity index (χ4v) is 2.93. The van der Waals surface area contributed by atoms with E-state index in [1.807, 2.05) is 42.6 Å². The topological polar surface area (TPSA) is 44.9 Å². The van der Waals surface area contributed by atoms with Gasteiger partial charge < -0.3 is 10.3 Å². The number of aryl methyl sites for hydroxylation is 2. The van der Waals surface area contributed by atoms with E-state index >= 15 is 0 Å². The molecule has 0 aliphatic heterocycles. The van der Waals surface area contributed by atoms with Crippen LogP contribution in [0.4, 0.5) is 0 Å². The number of thiophene rings is 1. The van der Waals surface area contributed by atoms with Gasteiger partial charge in [0.25, 0.3) is 5.91 Å². The molecule has 0 spiro atoms. The number of H-pyrrole nitrogens is 1. The molecule has 0 saturated carbocycles. The lowest BCUT2D eigenvalue weighted by atomic mass is 10.1. The van der Waals surface area contributed by atoms with Gasteiger partial charge in [0, 0.05) is 27.0 Å². The van der Waals surface area contributed by atoms with Gasteiger partial charge >= 0.3 is 0 Å². The Morgan fingerprint density at radius 3 is 2.90 bits per heavy atom. The zero-order valence-electron chi connectivity index (χ0n) is 11.5. The van der Waals surface area contributed by atoms with Crippen molar-refractivity contribution >= 4 is 28.1 Å². The summed E-state index contributed by atoms with van der Waals surface area (Å²) in [7, 11) is 0. The first-order valence-electron chi connectivity index (χ1n) is 6.54. The second-order valence-corrected chi connectivity index (χ2v) is 5.93. The molecule has 2 N–H and O–H groups in total. The van der Waals surface area contributed by atoms with Crippen molar-refractivity contribution in [1.82, 2.24) is 10.3 Å². The molecule has 2 heterocycles. The van der Waals surface area contributed by atoms with E-state index in [0.717, 1.165) is 21.5 Å². The SMILES string of the molecule is Cc1[nH]c2ccc(C(=O)NCc3cccs3)cc2c1C. The van der Waals surface area contributed by atoms with E-state index < -0.39 is 0 Å². The Hall–Kier alpha value is -2.07. The molecule has 0 radical (unpaired) electrons. The molecule has 1 aromatic carbocycles. The van der Waals surface area contributed by atoms with Crippen molar-refractivity contribution < 1.29 is 4.79 Å². The predicted molar refractivity (Wildman–Crippen MR) is 83.3 cm³/mol. The first-order chi connectivity index (χ1) is 9.65. The number of amides is 1. The first kappa shape index (κ1) is 12.9. The lowest BCUT2D eigenvalue weighted by molar-refractivity contribution is 0.0951. The average Bonchev–Trinajstić information content (AvgIpc) is 3.06. The van der Waals surface area contributed by atoms with Crippen LogP contribution >= 0.6 is 11.3 Å². The summed E-state index contributed by atoms with van der Waals surface area (Å²) < 4.78 is 0.